The van der Waals surface area contributed by atoms with Gasteiger partial charge in [0.1, 0.15) is 5.82 Å². The van der Waals surface area contributed by atoms with Gasteiger partial charge in [-0.05, 0) is 31.2 Å². The highest BCUT2D eigenvalue weighted by Crippen LogP contribution is 2.21. The van der Waals surface area contributed by atoms with Gasteiger partial charge in [-0.1, -0.05) is 0 Å². The lowest BCUT2D eigenvalue weighted by molar-refractivity contribution is -0.385. The third kappa shape index (κ3) is 3.30. The molecule has 1 amide bonds. The van der Waals surface area contributed by atoms with Crippen LogP contribution in [0.4, 0.5) is 17.2 Å². The fraction of sp³-hybridized carbons (Fsp3) is 0.154. The Hall–Kier alpha value is -3.03. The molecule has 0 bridgehead atoms. The van der Waals surface area contributed by atoms with Crippen LogP contribution in [0, 0.1) is 17.0 Å². The lowest BCUT2D eigenvalue weighted by Crippen LogP contribution is -2.14. The molecule has 2 N–H and O–H groups in total. The highest BCUT2D eigenvalue weighted by atomic mass is 16.6. The summed E-state index contributed by atoms with van der Waals surface area (Å²) in [5.74, 6) is 0.121. The van der Waals surface area contributed by atoms with Crippen LogP contribution < -0.4 is 10.6 Å². The maximum Gasteiger partial charge on any atom is 0.276 e. The van der Waals surface area contributed by atoms with Gasteiger partial charge in [-0.25, -0.2) is 0 Å². The fourth-order valence-corrected chi connectivity index (χ4v) is 1.72. The van der Waals surface area contributed by atoms with Crippen LogP contribution >= 0.6 is 0 Å². The summed E-state index contributed by atoms with van der Waals surface area (Å²) in [5.41, 5.74) is 1.09. The van der Waals surface area contributed by atoms with E-state index in [1.165, 1.54) is 24.3 Å². The van der Waals surface area contributed by atoms with Gasteiger partial charge in [-0.3, -0.25) is 14.9 Å². The smallest absolute Gasteiger partial charge is 0.276 e. The molecule has 0 saturated carbocycles. The molecule has 0 saturated heterocycles. The van der Waals surface area contributed by atoms with E-state index in [0.29, 0.717) is 17.1 Å². The van der Waals surface area contributed by atoms with Crippen LogP contribution in [0.1, 0.15) is 16.1 Å². The number of nitrogens with one attached hydrogen (secondary N) is 2. The predicted molar refractivity (Wildman–Crippen MR) is 77.4 cm³/mol. The Balaban J connectivity index is 2.15. The molecule has 1 aromatic carbocycles. The SMILES string of the molecule is CNc1ccc(C(=O)Nc2ccc([N+](=O)[O-])c(C)c2)nn1. The summed E-state index contributed by atoms with van der Waals surface area (Å²) < 4.78 is 0. The van der Waals surface area contributed by atoms with Gasteiger partial charge in [0.05, 0.1) is 4.92 Å². The van der Waals surface area contributed by atoms with E-state index in [2.05, 4.69) is 20.8 Å². The molecule has 0 radical (unpaired) electrons. The van der Waals surface area contributed by atoms with Crippen LogP contribution in [0.25, 0.3) is 0 Å². The molecule has 21 heavy (non-hydrogen) atoms. The van der Waals surface area contributed by atoms with Crippen LogP contribution in [0.5, 0.6) is 0 Å². The number of carbonyl (C=O) groups is 1. The molecule has 0 aliphatic rings. The quantitative estimate of drug-likeness (QED) is 0.657. The molecule has 0 aliphatic carbocycles. The Morgan fingerprint density at radius 2 is 2.00 bits per heavy atom. The van der Waals surface area contributed by atoms with Gasteiger partial charge >= 0.3 is 0 Å². The number of amides is 1. The number of rotatable bonds is 4. The topological polar surface area (TPSA) is 110 Å². The zero-order chi connectivity index (χ0) is 15.4. The number of aromatic nitrogens is 2. The summed E-state index contributed by atoms with van der Waals surface area (Å²) in [6.45, 7) is 1.61. The van der Waals surface area contributed by atoms with Gasteiger partial charge in [-0.15, -0.1) is 10.2 Å². The maximum atomic E-state index is 12.0. The number of aryl methyl sites for hydroxylation is 1. The number of nitro groups is 1. The van der Waals surface area contributed by atoms with Gasteiger partial charge < -0.3 is 10.6 Å². The third-order valence-electron chi connectivity index (χ3n) is 2.80. The number of anilines is 2. The van der Waals surface area contributed by atoms with Crippen LogP contribution in [0.2, 0.25) is 0 Å². The standard InChI is InChI=1S/C13H13N5O3/c1-8-7-9(3-5-11(8)18(20)21)15-13(19)10-4-6-12(14-2)17-16-10/h3-7H,1-2H3,(H,14,17)(H,15,19). The summed E-state index contributed by atoms with van der Waals surface area (Å²) in [7, 11) is 1.70. The molecule has 2 aromatic rings. The molecule has 1 heterocycles. The van der Waals surface area contributed by atoms with Crippen molar-refractivity contribution in [2.75, 3.05) is 17.7 Å². The van der Waals surface area contributed by atoms with Crippen molar-refractivity contribution in [3.63, 3.8) is 0 Å². The average molecular weight is 287 g/mol. The van der Waals surface area contributed by atoms with E-state index in [4.69, 9.17) is 0 Å². The molecule has 0 aliphatic heterocycles. The molecular formula is C13H13N5O3. The normalized spacial score (nSPS) is 10.0. The van der Waals surface area contributed by atoms with E-state index in [1.807, 2.05) is 0 Å². The van der Waals surface area contributed by atoms with Crippen molar-refractivity contribution in [2.24, 2.45) is 0 Å². The van der Waals surface area contributed by atoms with E-state index >= 15 is 0 Å². The largest absolute Gasteiger partial charge is 0.372 e. The minimum absolute atomic E-state index is 0.00571. The van der Waals surface area contributed by atoms with Gasteiger partial charge in [-0.2, -0.15) is 0 Å². The van der Waals surface area contributed by atoms with Crippen molar-refractivity contribution >= 4 is 23.1 Å². The van der Waals surface area contributed by atoms with Crippen LogP contribution in [0.3, 0.4) is 0 Å². The second kappa shape index (κ2) is 5.95. The molecule has 2 rings (SSSR count). The number of nitro benzene ring substituents is 1. The second-order valence-corrected chi connectivity index (χ2v) is 4.27. The zero-order valence-corrected chi connectivity index (χ0v) is 11.5. The number of benzene rings is 1. The van der Waals surface area contributed by atoms with E-state index < -0.39 is 10.8 Å². The average Bonchev–Trinajstić information content (AvgIpc) is 2.47. The third-order valence-corrected chi connectivity index (χ3v) is 2.80. The van der Waals surface area contributed by atoms with Gasteiger partial charge in [0.25, 0.3) is 11.6 Å². The number of hydrogen-bond donors (Lipinski definition) is 2. The van der Waals surface area contributed by atoms with E-state index in [0.717, 1.165) is 0 Å². The molecule has 8 nitrogen and oxygen atoms in total. The highest BCUT2D eigenvalue weighted by Gasteiger charge is 2.13. The first kappa shape index (κ1) is 14.4. The molecule has 0 spiro atoms. The van der Waals surface area contributed by atoms with Crippen molar-refractivity contribution in [1.82, 2.24) is 10.2 Å². The van der Waals surface area contributed by atoms with Crippen molar-refractivity contribution in [3.05, 3.63) is 51.7 Å². The lowest BCUT2D eigenvalue weighted by Gasteiger charge is -2.06. The molecule has 0 unspecified atom stereocenters. The van der Waals surface area contributed by atoms with Crippen LogP contribution in [0.15, 0.2) is 30.3 Å². The monoisotopic (exact) mass is 287 g/mol. The zero-order valence-electron chi connectivity index (χ0n) is 11.5. The first-order chi connectivity index (χ1) is 10.0. The molecule has 108 valence electrons. The van der Waals surface area contributed by atoms with Crippen molar-refractivity contribution in [2.45, 2.75) is 6.92 Å². The van der Waals surface area contributed by atoms with Gasteiger partial charge in [0.2, 0.25) is 0 Å². The summed E-state index contributed by atoms with van der Waals surface area (Å²) in [6.07, 6.45) is 0. The number of nitrogens with zero attached hydrogens (tertiary/aromatic N) is 3. The Bertz CT molecular complexity index is 685. The van der Waals surface area contributed by atoms with Crippen molar-refractivity contribution < 1.29 is 9.72 Å². The predicted octanol–water partition coefficient (Wildman–Crippen LogP) is 1.99. The first-order valence-electron chi connectivity index (χ1n) is 6.09. The maximum absolute atomic E-state index is 12.0. The van der Waals surface area contributed by atoms with E-state index in [1.54, 1.807) is 20.0 Å². The van der Waals surface area contributed by atoms with E-state index in [9.17, 15) is 14.9 Å². The van der Waals surface area contributed by atoms with Crippen LogP contribution in [-0.4, -0.2) is 28.1 Å². The highest BCUT2D eigenvalue weighted by molar-refractivity contribution is 6.02. The van der Waals surface area contributed by atoms with Crippen molar-refractivity contribution in [3.8, 4) is 0 Å². The van der Waals surface area contributed by atoms with Crippen molar-refractivity contribution in [1.29, 1.82) is 0 Å². The second-order valence-electron chi connectivity index (χ2n) is 4.27. The molecular weight excluding hydrogens is 274 g/mol. The Labute approximate surface area is 120 Å². The summed E-state index contributed by atoms with van der Waals surface area (Å²) in [5, 5.41) is 23.7. The first-order valence-corrected chi connectivity index (χ1v) is 6.09. The lowest BCUT2D eigenvalue weighted by atomic mass is 10.2. The Morgan fingerprint density at radius 3 is 2.52 bits per heavy atom. The fourth-order valence-electron chi connectivity index (χ4n) is 1.72. The minimum atomic E-state index is -0.469. The van der Waals surface area contributed by atoms with Crippen LogP contribution in [-0.2, 0) is 0 Å². The summed E-state index contributed by atoms with van der Waals surface area (Å²) in [6, 6.07) is 7.51. The Kier molecular flexibility index (Phi) is 4.07. The number of carbonyl (C=O) groups excluding carboxylic acids is 1. The summed E-state index contributed by atoms with van der Waals surface area (Å²) >= 11 is 0. The molecule has 1 aromatic heterocycles. The molecule has 0 atom stereocenters. The molecule has 8 heteroatoms. The van der Waals surface area contributed by atoms with E-state index in [-0.39, 0.29) is 11.4 Å². The Morgan fingerprint density at radius 1 is 1.24 bits per heavy atom. The number of hydrogen-bond acceptors (Lipinski definition) is 6. The molecule has 0 fully saturated rings. The summed E-state index contributed by atoms with van der Waals surface area (Å²) in [4.78, 5) is 22.2. The minimum Gasteiger partial charge on any atom is -0.372 e. The van der Waals surface area contributed by atoms with Gasteiger partial charge in [0.15, 0.2) is 5.69 Å². The van der Waals surface area contributed by atoms with Gasteiger partial charge in [0, 0.05) is 24.4 Å².